The summed E-state index contributed by atoms with van der Waals surface area (Å²) in [5.41, 5.74) is 2.05. The van der Waals surface area contributed by atoms with Gasteiger partial charge in [-0.05, 0) is 45.0 Å². The van der Waals surface area contributed by atoms with Gasteiger partial charge in [0.25, 0.3) is 5.89 Å². The Balaban J connectivity index is 0.000000180. The van der Waals surface area contributed by atoms with E-state index in [4.69, 9.17) is 24.3 Å². The molecule has 12 nitrogen and oxygen atoms in total. The number of nitrogens with zero attached hydrogens (tertiary/aromatic N) is 7. The molecule has 0 saturated carbocycles. The molecule has 0 bridgehead atoms. The van der Waals surface area contributed by atoms with Gasteiger partial charge in [-0.2, -0.15) is 20.5 Å². The van der Waals surface area contributed by atoms with Crippen LogP contribution < -0.4 is 5.32 Å². The van der Waals surface area contributed by atoms with Gasteiger partial charge in [0.05, 0.1) is 35.2 Å². The van der Waals surface area contributed by atoms with Gasteiger partial charge in [0, 0.05) is 28.5 Å². The zero-order valence-electron chi connectivity index (χ0n) is 23.7. The first-order valence-corrected chi connectivity index (χ1v) is 15.6. The van der Waals surface area contributed by atoms with Crippen molar-refractivity contribution in [2.75, 3.05) is 23.3 Å². The van der Waals surface area contributed by atoms with Crippen LogP contribution in [0.3, 0.4) is 0 Å². The maximum atomic E-state index is 12.4. The largest absolute Gasteiger partial charge is 0.444 e. The summed E-state index contributed by atoms with van der Waals surface area (Å²) >= 11 is 3.41. The highest BCUT2D eigenvalue weighted by molar-refractivity contribution is 7.99. The second-order valence-electron chi connectivity index (χ2n) is 10.5. The van der Waals surface area contributed by atoms with Gasteiger partial charge in [0.2, 0.25) is 17.5 Å². The summed E-state index contributed by atoms with van der Waals surface area (Å²) in [5, 5.41) is 29.1. The molecule has 220 valence electrons. The van der Waals surface area contributed by atoms with E-state index >= 15 is 0 Å². The third-order valence-corrected chi connectivity index (χ3v) is 8.15. The Hall–Kier alpha value is -4.37. The van der Waals surface area contributed by atoms with Crippen molar-refractivity contribution in [1.29, 1.82) is 10.5 Å². The molecule has 2 aliphatic heterocycles. The highest BCUT2D eigenvalue weighted by atomic mass is 32.2. The Labute approximate surface area is 256 Å². The average Bonchev–Trinajstić information content (AvgIpc) is 3.82. The van der Waals surface area contributed by atoms with E-state index in [0.717, 1.165) is 17.2 Å². The second-order valence-corrected chi connectivity index (χ2v) is 12.6. The molecule has 14 heteroatoms. The minimum Gasteiger partial charge on any atom is -0.444 e. The minimum absolute atomic E-state index is 0.135. The molecule has 4 aromatic rings. The molecule has 4 heterocycles. The highest BCUT2D eigenvalue weighted by Gasteiger charge is 2.37. The molecular formula is C29H28N8O4S2. The lowest BCUT2D eigenvalue weighted by Crippen LogP contribution is -2.36. The van der Waals surface area contributed by atoms with Crippen molar-refractivity contribution in [3.8, 4) is 34.9 Å². The van der Waals surface area contributed by atoms with Crippen LogP contribution in [0.1, 0.15) is 55.8 Å². The van der Waals surface area contributed by atoms with Crippen molar-refractivity contribution in [2.45, 2.75) is 38.5 Å². The van der Waals surface area contributed by atoms with Crippen molar-refractivity contribution in [3.63, 3.8) is 0 Å². The van der Waals surface area contributed by atoms with E-state index in [1.807, 2.05) is 39.0 Å². The number of hydrogen-bond acceptors (Lipinski definition) is 13. The van der Waals surface area contributed by atoms with Gasteiger partial charge in [0.15, 0.2) is 0 Å². The summed E-state index contributed by atoms with van der Waals surface area (Å²) in [6.45, 7) is 5.49. The number of nitriles is 2. The number of nitrogens with one attached hydrogen (secondary N) is 1. The molecule has 1 unspecified atom stereocenters. The number of thioether (sulfide) groups is 2. The molecule has 2 saturated heterocycles. The molecular weight excluding hydrogens is 589 g/mol. The Kier molecular flexibility index (Phi) is 9.31. The van der Waals surface area contributed by atoms with Gasteiger partial charge in [-0.15, -0.1) is 23.5 Å². The fourth-order valence-corrected chi connectivity index (χ4v) is 6.21. The van der Waals surface area contributed by atoms with Crippen LogP contribution >= 0.6 is 23.5 Å². The Morgan fingerprint density at radius 3 is 2.12 bits per heavy atom. The molecule has 0 spiro atoms. The first kappa shape index (κ1) is 30.1. The maximum absolute atomic E-state index is 12.4. The summed E-state index contributed by atoms with van der Waals surface area (Å²) in [5.74, 6) is 4.94. The van der Waals surface area contributed by atoms with E-state index in [1.54, 1.807) is 58.8 Å². The SMILES string of the molecule is CC(C)(C)OC(=O)N1CSC[C@@H]1c1nc(-c2cccc(C#N)c2)no1.N#Cc1cccc(-c2noc(C3CSCN3)n2)c1. The minimum atomic E-state index is -0.563. The normalized spacial score (nSPS) is 17.9. The van der Waals surface area contributed by atoms with Crippen molar-refractivity contribution in [1.82, 2.24) is 30.5 Å². The topological polar surface area (TPSA) is 167 Å². The Morgan fingerprint density at radius 1 is 0.953 bits per heavy atom. The summed E-state index contributed by atoms with van der Waals surface area (Å²) in [7, 11) is 0. The molecule has 2 fully saturated rings. The number of carbonyl (C=O) groups is 1. The fourth-order valence-electron chi connectivity index (χ4n) is 4.14. The van der Waals surface area contributed by atoms with Crippen molar-refractivity contribution in [2.24, 2.45) is 0 Å². The molecule has 6 rings (SSSR count). The van der Waals surface area contributed by atoms with E-state index in [0.29, 0.717) is 51.8 Å². The quantitative estimate of drug-likeness (QED) is 0.304. The number of hydrogen-bond donors (Lipinski definition) is 1. The van der Waals surface area contributed by atoms with E-state index in [-0.39, 0.29) is 12.1 Å². The van der Waals surface area contributed by atoms with Crippen LogP contribution in [0.2, 0.25) is 0 Å². The van der Waals surface area contributed by atoms with Crippen molar-refractivity contribution >= 4 is 29.6 Å². The van der Waals surface area contributed by atoms with Gasteiger partial charge < -0.3 is 13.8 Å². The number of ether oxygens (including phenoxy) is 1. The predicted molar refractivity (Wildman–Crippen MR) is 160 cm³/mol. The van der Waals surface area contributed by atoms with Gasteiger partial charge >= 0.3 is 6.09 Å². The number of amides is 1. The number of carbonyl (C=O) groups excluding carboxylic acids is 1. The molecule has 2 aliphatic rings. The van der Waals surface area contributed by atoms with Gasteiger partial charge in [0.1, 0.15) is 11.6 Å². The smallest absolute Gasteiger partial charge is 0.411 e. The van der Waals surface area contributed by atoms with Gasteiger partial charge in [-0.3, -0.25) is 10.2 Å². The number of aromatic nitrogens is 4. The fraction of sp³-hybridized carbons (Fsp3) is 0.345. The van der Waals surface area contributed by atoms with Gasteiger partial charge in [-0.1, -0.05) is 34.6 Å². The van der Waals surface area contributed by atoms with E-state index in [1.165, 1.54) is 0 Å². The third kappa shape index (κ3) is 7.53. The first-order chi connectivity index (χ1) is 20.7. The third-order valence-electron chi connectivity index (χ3n) is 6.19. The van der Waals surface area contributed by atoms with E-state index in [2.05, 4.69) is 37.7 Å². The molecule has 2 aromatic heterocycles. The monoisotopic (exact) mass is 616 g/mol. The van der Waals surface area contributed by atoms with Crippen LogP contribution in [0.5, 0.6) is 0 Å². The Morgan fingerprint density at radius 2 is 1.56 bits per heavy atom. The molecule has 2 atom stereocenters. The number of rotatable bonds is 4. The van der Waals surface area contributed by atoms with E-state index in [9.17, 15) is 4.79 Å². The second kappa shape index (κ2) is 13.3. The van der Waals surface area contributed by atoms with Crippen LogP contribution in [-0.4, -0.2) is 60.1 Å². The maximum Gasteiger partial charge on any atom is 0.411 e. The van der Waals surface area contributed by atoms with Crippen LogP contribution in [-0.2, 0) is 4.74 Å². The lowest BCUT2D eigenvalue weighted by atomic mass is 10.1. The molecule has 1 N–H and O–H groups in total. The van der Waals surface area contributed by atoms with Crippen molar-refractivity contribution in [3.05, 3.63) is 71.4 Å². The standard InChI is InChI=1S/C17H18N4O3S.C12H10N4OS/c1-17(2,3)23-16(22)21-10-25-9-13(21)15-19-14(20-24-15)12-6-4-5-11(7-12)8-18;13-5-8-2-1-3-9(4-8)11-15-12(17-16-11)10-6-18-7-14-10/h4-7,13H,9-10H2,1-3H3;1-4,10,14H,6-7H2/t13-;/m1./s1. The summed E-state index contributed by atoms with van der Waals surface area (Å²) < 4.78 is 16.1. The highest BCUT2D eigenvalue weighted by Crippen LogP contribution is 2.34. The average molecular weight is 617 g/mol. The first-order valence-electron chi connectivity index (χ1n) is 13.3. The summed E-state index contributed by atoms with van der Waals surface area (Å²) in [6, 6.07) is 18.2. The van der Waals surface area contributed by atoms with Crippen LogP contribution in [0.15, 0.2) is 57.6 Å². The molecule has 0 radical (unpaired) electrons. The molecule has 2 aromatic carbocycles. The molecule has 1 amide bonds. The van der Waals surface area contributed by atoms with Gasteiger partial charge in [-0.25, -0.2) is 4.79 Å². The Bertz CT molecular complexity index is 1660. The lowest BCUT2D eigenvalue weighted by Gasteiger charge is -2.26. The zero-order chi connectivity index (χ0) is 30.4. The summed E-state index contributed by atoms with van der Waals surface area (Å²) in [4.78, 5) is 22.8. The number of benzene rings is 2. The zero-order valence-corrected chi connectivity index (χ0v) is 25.3. The van der Waals surface area contributed by atoms with Crippen LogP contribution in [0, 0.1) is 22.7 Å². The van der Waals surface area contributed by atoms with E-state index < -0.39 is 11.7 Å². The molecule has 0 aliphatic carbocycles. The van der Waals surface area contributed by atoms with Crippen molar-refractivity contribution < 1.29 is 18.6 Å². The van der Waals surface area contributed by atoms with Crippen LogP contribution in [0.25, 0.3) is 22.8 Å². The molecule has 43 heavy (non-hydrogen) atoms. The summed E-state index contributed by atoms with van der Waals surface area (Å²) in [6.07, 6.45) is -0.395. The lowest BCUT2D eigenvalue weighted by molar-refractivity contribution is 0.0214. The van der Waals surface area contributed by atoms with Crippen LogP contribution in [0.4, 0.5) is 4.79 Å². The predicted octanol–water partition coefficient (Wildman–Crippen LogP) is 5.53.